The molecule has 0 radical (unpaired) electrons. The Hall–Kier alpha value is -0.860. The third kappa shape index (κ3) is 2.56. The minimum Gasteiger partial charge on any atom is -0.481 e. The van der Waals surface area contributed by atoms with E-state index in [1.807, 2.05) is 13.8 Å². The van der Waals surface area contributed by atoms with Gasteiger partial charge in [0.2, 0.25) is 0 Å². The average Bonchev–Trinajstić information content (AvgIpc) is 2.49. The van der Waals surface area contributed by atoms with Crippen LogP contribution in [0.3, 0.4) is 0 Å². The highest BCUT2D eigenvalue weighted by Crippen LogP contribution is 2.33. The Morgan fingerprint density at radius 3 is 2.36 bits per heavy atom. The first-order valence-electron chi connectivity index (χ1n) is 5.28. The van der Waals surface area contributed by atoms with E-state index in [0.717, 1.165) is 12.8 Å². The highest BCUT2D eigenvalue weighted by atomic mass is 16.4. The number of hydrogen-bond acceptors (Lipinski definition) is 2. The molecule has 0 unspecified atom stereocenters. The number of hydrogen-bond donors (Lipinski definition) is 1. The monoisotopic (exact) mass is 198 g/mol. The van der Waals surface area contributed by atoms with Crippen LogP contribution in [0.5, 0.6) is 0 Å². The molecule has 2 atom stereocenters. The Kier molecular flexibility index (Phi) is 3.67. The highest BCUT2D eigenvalue weighted by Gasteiger charge is 2.37. The van der Waals surface area contributed by atoms with Gasteiger partial charge in [-0.05, 0) is 18.8 Å². The number of carbonyl (C=O) groups excluding carboxylic acids is 1. The summed E-state index contributed by atoms with van der Waals surface area (Å²) in [6, 6.07) is 0. The van der Waals surface area contributed by atoms with Gasteiger partial charge in [0.05, 0.1) is 5.92 Å². The predicted molar refractivity (Wildman–Crippen MR) is 52.9 cm³/mol. The van der Waals surface area contributed by atoms with Gasteiger partial charge < -0.3 is 5.11 Å². The Bertz CT molecular complexity index is 233. The SMILES string of the molecule is CC(C)CC(=O)[C@H]1CCC[C@@H]1C(=O)O. The van der Waals surface area contributed by atoms with Crippen molar-refractivity contribution in [1.29, 1.82) is 0 Å². The normalized spacial score (nSPS) is 26.8. The van der Waals surface area contributed by atoms with E-state index in [0.29, 0.717) is 18.8 Å². The van der Waals surface area contributed by atoms with Crippen molar-refractivity contribution in [3.63, 3.8) is 0 Å². The largest absolute Gasteiger partial charge is 0.481 e. The topological polar surface area (TPSA) is 54.4 Å². The first-order valence-corrected chi connectivity index (χ1v) is 5.28. The maximum absolute atomic E-state index is 11.7. The molecule has 0 aromatic rings. The molecule has 0 spiro atoms. The van der Waals surface area contributed by atoms with Crippen LogP contribution in [0.1, 0.15) is 39.5 Å². The molecule has 1 aliphatic carbocycles. The molecular formula is C11H18O3. The lowest BCUT2D eigenvalue weighted by atomic mass is 9.88. The van der Waals surface area contributed by atoms with Crippen LogP contribution in [0.2, 0.25) is 0 Å². The van der Waals surface area contributed by atoms with Crippen molar-refractivity contribution >= 4 is 11.8 Å². The fraction of sp³-hybridized carbons (Fsp3) is 0.818. The Morgan fingerprint density at radius 2 is 1.86 bits per heavy atom. The van der Waals surface area contributed by atoms with Crippen molar-refractivity contribution in [2.45, 2.75) is 39.5 Å². The van der Waals surface area contributed by atoms with Crippen molar-refractivity contribution in [3.05, 3.63) is 0 Å². The molecule has 0 amide bonds. The van der Waals surface area contributed by atoms with Crippen molar-refractivity contribution in [2.24, 2.45) is 17.8 Å². The van der Waals surface area contributed by atoms with Crippen LogP contribution in [-0.2, 0) is 9.59 Å². The van der Waals surface area contributed by atoms with Gasteiger partial charge in [-0.2, -0.15) is 0 Å². The zero-order chi connectivity index (χ0) is 10.7. The minimum atomic E-state index is -0.801. The van der Waals surface area contributed by atoms with Gasteiger partial charge in [0.1, 0.15) is 5.78 Å². The first-order chi connectivity index (χ1) is 6.52. The molecule has 3 nitrogen and oxygen atoms in total. The molecule has 0 aromatic heterocycles. The quantitative estimate of drug-likeness (QED) is 0.752. The van der Waals surface area contributed by atoms with Gasteiger partial charge in [-0.25, -0.2) is 0 Å². The summed E-state index contributed by atoms with van der Waals surface area (Å²) < 4.78 is 0. The molecule has 1 N–H and O–H groups in total. The maximum atomic E-state index is 11.7. The highest BCUT2D eigenvalue weighted by molar-refractivity contribution is 5.86. The van der Waals surface area contributed by atoms with Crippen LogP contribution in [0.15, 0.2) is 0 Å². The standard InChI is InChI=1S/C11H18O3/c1-7(2)6-10(12)8-4-3-5-9(8)11(13)14/h7-9H,3-6H2,1-2H3,(H,13,14)/t8-,9-/m0/s1. The number of ketones is 1. The van der Waals surface area contributed by atoms with Crippen molar-refractivity contribution in [1.82, 2.24) is 0 Å². The van der Waals surface area contributed by atoms with E-state index in [9.17, 15) is 9.59 Å². The van der Waals surface area contributed by atoms with Gasteiger partial charge in [0.15, 0.2) is 0 Å². The second-order valence-electron chi connectivity index (χ2n) is 4.55. The third-order valence-electron chi connectivity index (χ3n) is 2.86. The van der Waals surface area contributed by atoms with Gasteiger partial charge in [0, 0.05) is 12.3 Å². The molecule has 0 heterocycles. The van der Waals surface area contributed by atoms with Gasteiger partial charge in [-0.15, -0.1) is 0 Å². The Labute approximate surface area is 84.5 Å². The lowest BCUT2D eigenvalue weighted by Gasteiger charge is -2.15. The van der Waals surface area contributed by atoms with Crippen LogP contribution in [-0.4, -0.2) is 16.9 Å². The molecule has 14 heavy (non-hydrogen) atoms. The summed E-state index contributed by atoms with van der Waals surface area (Å²) in [5.74, 6) is -0.955. The molecular weight excluding hydrogens is 180 g/mol. The summed E-state index contributed by atoms with van der Waals surface area (Å²) in [5.41, 5.74) is 0. The number of carboxylic acids is 1. The molecule has 0 aromatic carbocycles. The van der Waals surface area contributed by atoms with Crippen molar-refractivity contribution in [3.8, 4) is 0 Å². The number of Topliss-reactive ketones (excluding diaryl/α,β-unsaturated/α-hetero) is 1. The van der Waals surface area contributed by atoms with E-state index in [-0.39, 0.29) is 11.7 Å². The molecule has 1 aliphatic rings. The second-order valence-corrected chi connectivity index (χ2v) is 4.55. The van der Waals surface area contributed by atoms with E-state index >= 15 is 0 Å². The number of aliphatic carboxylic acids is 1. The molecule has 3 heteroatoms. The summed E-state index contributed by atoms with van der Waals surface area (Å²) in [6.07, 6.45) is 2.84. The fourth-order valence-electron chi connectivity index (χ4n) is 2.19. The van der Waals surface area contributed by atoms with Gasteiger partial charge in [-0.1, -0.05) is 20.3 Å². The summed E-state index contributed by atoms with van der Waals surface area (Å²) in [6.45, 7) is 3.98. The van der Waals surface area contributed by atoms with Crippen LogP contribution < -0.4 is 0 Å². The first kappa shape index (κ1) is 11.2. The molecule has 80 valence electrons. The van der Waals surface area contributed by atoms with Crippen molar-refractivity contribution < 1.29 is 14.7 Å². The summed E-state index contributed by atoms with van der Waals surface area (Å²) >= 11 is 0. The average molecular weight is 198 g/mol. The second kappa shape index (κ2) is 4.58. The lowest BCUT2D eigenvalue weighted by Crippen LogP contribution is -2.26. The third-order valence-corrected chi connectivity index (χ3v) is 2.86. The predicted octanol–water partition coefficient (Wildman–Crippen LogP) is 2.10. The smallest absolute Gasteiger partial charge is 0.307 e. The number of rotatable bonds is 4. The van der Waals surface area contributed by atoms with Crippen LogP contribution in [0, 0.1) is 17.8 Å². The maximum Gasteiger partial charge on any atom is 0.307 e. The molecule has 1 rings (SSSR count). The van der Waals surface area contributed by atoms with Crippen LogP contribution in [0.4, 0.5) is 0 Å². The lowest BCUT2D eigenvalue weighted by molar-refractivity contribution is -0.145. The molecule has 0 saturated heterocycles. The van der Waals surface area contributed by atoms with Crippen molar-refractivity contribution in [2.75, 3.05) is 0 Å². The zero-order valence-corrected chi connectivity index (χ0v) is 8.82. The molecule has 1 fully saturated rings. The van der Waals surface area contributed by atoms with E-state index in [4.69, 9.17) is 5.11 Å². The zero-order valence-electron chi connectivity index (χ0n) is 8.82. The van der Waals surface area contributed by atoms with Crippen LogP contribution >= 0.6 is 0 Å². The Morgan fingerprint density at radius 1 is 1.29 bits per heavy atom. The molecule has 0 aliphatic heterocycles. The fourth-order valence-corrected chi connectivity index (χ4v) is 2.19. The van der Waals surface area contributed by atoms with E-state index < -0.39 is 11.9 Å². The molecule has 1 saturated carbocycles. The van der Waals surface area contributed by atoms with E-state index in [1.54, 1.807) is 0 Å². The minimum absolute atomic E-state index is 0.143. The number of carbonyl (C=O) groups is 2. The summed E-state index contributed by atoms with van der Waals surface area (Å²) in [4.78, 5) is 22.6. The Balaban J connectivity index is 2.58. The van der Waals surface area contributed by atoms with Gasteiger partial charge in [-0.3, -0.25) is 9.59 Å². The van der Waals surface area contributed by atoms with Gasteiger partial charge >= 0.3 is 5.97 Å². The van der Waals surface area contributed by atoms with E-state index in [1.165, 1.54) is 0 Å². The summed E-state index contributed by atoms with van der Waals surface area (Å²) in [5, 5.41) is 8.91. The summed E-state index contributed by atoms with van der Waals surface area (Å²) in [7, 11) is 0. The van der Waals surface area contributed by atoms with Crippen LogP contribution in [0.25, 0.3) is 0 Å². The molecule has 0 bridgehead atoms. The van der Waals surface area contributed by atoms with Gasteiger partial charge in [0.25, 0.3) is 0 Å². The van der Waals surface area contributed by atoms with E-state index in [2.05, 4.69) is 0 Å². The number of carboxylic acid groups (broad SMARTS) is 1.